The van der Waals surface area contributed by atoms with Gasteiger partial charge in [0.1, 0.15) is 0 Å². The Balaban J connectivity index is 3.06. The average molecular weight is 172 g/mol. The van der Waals surface area contributed by atoms with Crippen molar-refractivity contribution in [3.05, 3.63) is 28.8 Å². The van der Waals surface area contributed by atoms with E-state index in [1.807, 2.05) is 25.3 Å². The molecule has 0 aliphatic carbocycles. The molecule has 0 spiro atoms. The second-order valence-corrected chi connectivity index (χ2v) is 3.33. The molecule has 2 heteroatoms. The van der Waals surface area contributed by atoms with Crippen LogP contribution in [0.4, 0.5) is 0 Å². The lowest BCUT2D eigenvalue weighted by Gasteiger charge is -1.97. The maximum absolute atomic E-state index is 5.80. The number of thioether (sulfide) groups is 1. The molecule has 0 saturated carbocycles. The molecule has 10 heavy (non-hydrogen) atoms. The molecule has 0 saturated heterocycles. The smallest absolute Gasteiger partial charge is 0.0420 e. The summed E-state index contributed by atoms with van der Waals surface area (Å²) in [4.78, 5) is 1.10. The van der Waals surface area contributed by atoms with Gasteiger partial charge < -0.3 is 0 Å². The van der Waals surface area contributed by atoms with Crippen LogP contribution in [-0.4, -0.2) is 6.26 Å². The lowest BCUT2D eigenvalue weighted by atomic mass is 10.2. The first-order chi connectivity index (χ1) is 4.72. The van der Waals surface area contributed by atoms with Crippen LogP contribution in [0.2, 0.25) is 5.02 Å². The quantitative estimate of drug-likeness (QED) is 0.585. The lowest BCUT2D eigenvalue weighted by Crippen LogP contribution is -1.75. The molecular formula is C8H8ClS. The largest absolute Gasteiger partial charge is 0.129 e. The fraction of sp³-hybridized carbons (Fsp3) is 0.250. The normalized spacial score (nSPS) is 9.90. The Morgan fingerprint density at radius 3 is 2.70 bits per heavy atom. The molecule has 0 fully saturated rings. The van der Waals surface area contributed by atoms with Crippen LogP contribution in [0.25, 0.3) is 0 Å². The van der Waals surface area contributed by atoms with E-state index in [9.17, 15) is 0 Å². The van der Waals surface area contributed by atoms with Gasteiger partial charge in [-0.1, -0.05) is 11.6 Å². The van der Waals surface area contributed by atoms with Crippen LogP contribution in [0, 0.1) is 13.0 Å². The molecule has 1 aromatic carbocycles. The zero-order valence-electron chi connectivity index (χ0n) is 5.94. The highest BCUT2D eigenvalue weighted by Crippen LogP contribution is 2.20. The van der Waals surface area contributed by atoms with E-state index < -0.39 is 0 Å². The van der Waals surface area contributed by atoms with Crippen molar-refractivity contribution < 1.29 is 0 Å². The van der Waals surface area contributed by atoms with E-state index in [-0.39, 0.29) is 0 Å². The summed E-state index contributed by atoms with van der Waals surface area (Å²) >= 11 is 7.45. The number of benzene rings is 1. The van der Waals surface area contributed by atoms with Gasteiger partial charge in [-0.2, -0.15) is 0 Å². The van der Waals surface area contributed by atoms with Gasteiger partial charge in [0.15, 0.2) is 0 Å². The maximum Gasteiger partial charge on any atom is 0.0420 e. The maximum atomic E-state index is 5.80. The molecule has 53 valence electrons. The van der Waals surface area contributed by atoms with Crippen LogP contribution < -0.4 is 0 Å². The van der Waals surface area contributed by atoms with E-state index in [0.717, 1.165) is 15.5 Å². The third-order valence-electron chi connectivity index (χ3n) is 1.16. The zero-order chi connectivity index (χ0) is 7.56. The summed E-state index contributed by atoms with van der Waals surface area (Å²) in [6.07, 6.45) is 2.02. The molecule has 0 unspecified atom stereocenters. The molecule has 0 aromatic heterocycles. The van der Waals surface area contributed by atoms with Crippen LogP contribution >= 0.6 is 23.4 Å². The topological polar surface area (TPSA) is 0 Å². The van der Waals surface area contributed by atoms with Gasteiger partial charge in [0.2, 0.25) is 0 Å². The first kappa shape index (κ1) is 7.96. The second-order valence-electron chi connectivity index (χ2n) is 2.05. The number of aryl methyl sites for hydroxylation is 1. The lowest BCUT2D eigenvalue weighted by molar-refractivity contribution is 1.35. The van der Waals surface area contributed by atoms with Crippen LogP contribution in [0.5, 0.6) is 0 Å². The van der Waals surface area contributed by atoms with E-state index in [4.69, 9.17) is 11.6 Å². The first-order valence-electron chi connectivity index (χ1n) is 2.96. The van der Waals surface area contributed by atoms with Crippen LogP contribution in [0.15, 0.2) is 17.0 Å². The Hall–Kier alpha value is -0.140. The molecule has 0 N–H and O–H groups in total. The van der Waals surface area contributed by atoms with Gasteiger partial charge in [-0.3, -0.25) is 0 Å². The zero-order valence-corrected chi connectivity index (χ0v) is 7.51. The number of hydrogen-bond acceptors (Lipinski definition) is 1. The molecule has 0 aliphatic heterocycles. The molecular weight excluding hydrogens is 164 g/mol. The van der Waals surface area contributed by atoms with Crippen LogP contribution in [-0.2, 0) is 0 Å². The highest BCUT2D eigenvalue weighted by atomic mass is 35.5. The van der Waals surface area contributed by atoms with E-state index in [1.165, 1.54) is 0 Å². The van der Waals surface area contributed by atoms with Crippen molar-refractivity contribution in [1.29, 1.82) is 0 Å². The molecule has 1 aromatic rings. The predicted octanol–water partition coefficient (Wildman–Crippen LogP) is 3.17. The third kappa shape index (κ3) is 1.93. The standard InChI is InChI=1S/C8H8ClS/c1-6-3-7(9)5-8(4-6)10-2/h3,5H,1-2H3. The number of hydrogen-bond donors (Lipinski definition) is 0. The summed E-state index contributed by atoms with van der Waals surface area (Å²) in [5.74, 6) is 0. The Morgan fingerprint density at radius 2 is 2.20 bits per heavy atom. The summed E-state index contributed by atoms with van der Waals surface area (Å²) in [5, 5.41) is 0.792. The molecule has 0 bridgehead atoms. The molecule has 0 atom stereocenters. The molecule has 0 aliphatic rings. The van der Waals surface area contributed by atoms with Gasteiger partial charge >= 0.3 is 0 Å². The minimum Gasteiger partial charge on any atom is -0.129 e. The van der Waals surface area contributed by atoms with Gasteiger partial charge in [-0.15, -0.1) is 11.8 Å². The van der Waals surface area contributed by atoms with E-state index in [0.29, 0.717) is 0 Å². The second kappa shape index (κ2) is 3.31. The van der Waals surface area contributed by atoms with Crippen molar-refractivity contribution in [2.45, 2.75) is 11.8 Å². The first-order valence-corrected chi connectivity index (χ1v) is 4.56. The Morgan fingerprint density at radius 1 is 1.50 bits per heavy atom. The van der Waals surface area contributed by atoms with Crippen molar-refractivity contribution in [2.75, 3.05) is 6.26 Å². The van der Waals surface area contributed by atoms with Crippen molar-refractivity contribution in [3.8, 4) is 0 Å². The summed E-state index contributed by atoms with van der Waals surface area (Å²) in [5.41, 5.74) is 1.09. The molecule has 0 nitrogen and oxygen atoms in total. The van der Waals surface area contributed by atoms with Crippen molar-refractivity contribution in [1.82, 2.24) is 0 Å². The van der Waals surface area contributed by atoms with Crippen molar-refractivity contribution in [2.24, 2.45) is 0 Å². The van der Waals surface area contributed by atoms with Crippen molar-refractivity contribution >= 4 is 23.4 Å². The monoisotopic (exact) mass is 171 g/mol. The fourth-order valence-corrected chi connectivity index (χ4v) is 1.60. The molecule has 0 amide bonds. The molecule has 1 radical (unpaired) electrons. The predicted molar refractivity (Wildman–Crippen MR) is 46.8 cm³/mol. The summed E-state index contributed by atoms with van der Waals surface area (Å²) in [6.45, 7) is 1.99. The Kier molecular flexibility index (Phi) is 2.64. The third-order valence-corrected chi connectivity index (χ3v) is 2.04. The van der Waals surface area contributed by atoms with E-state index >= 15 is 0 Å². The van der Waals surface area contributed by atoms with Crippen LogP contribution in [0.1, 0.15) is 5.56 Å². The molecule has 0 heterocycles. The van der Waals surface area contributed by atoms with Crippen LogP contribution in [0.3, 0.4) is 0 Å². The Labute approximate surface area is 70.6 Å². The molecule has 1 rings (SSSR count). The number of rotatable bonds is 1. The summed E-state index contributed by atoms with van der Waals surface area (Å²) in [6, 6.07) is 7.00. The summed E-state index contributed by atoms with van der Waals surface area (Å²) in [7, 11) is 0. The average Bonchev–Trinajstić information content (AvgIpc) is 1.85. The minimum absolute atomic E-state index is 0.792. The van der Waals surface area contributed by atoms with E-state index in [1.54, 1.807) is 11.8 Å². The van der Waals surface area contributed by atoms with Gasteiger partial charge in [0, 0.05) is 9.92 Å². The van der Waals surface area contributed by atoms with Gasteiger partial charge in [-0.05, 0) is 36.9 Å². The fourth-order valence-electron chi connectivity index (χ4n) is 0.750. The number of halogens is 1. The highest BCUT2D eigenvalue weighted by molar-refractivity contribution is 7.98. The summed E-state index contributed by atoms with van der Waals surface area (Å²) < 4.78 is 0. The van der Waals surface area contributed by atoms with Gasteiger partial charge in [0.05, 0.1) is 0 Å². The van der Waals surface area contributed by atoms with Gasteiger partial charge in [-0.25, -0.2) is 0 Å². The minimum atomic E-state index is 0.792. The Bertz CT molecular complexity index is 212. The van der Waals surface area contributed by atoms with E-state index in [2.05, 4.69) is 6.07 Å². The SMILES string of the molecule is CSc1[c]c(C)cc(Cl)c1. The van der Waals surface area contributed by atoms with Gasteiger partial charge in [0.25, 0.3) is 0 Å². The highest BCUT2D eigenvalue weighted by Gasteiger charge is 1.94. The van der Waals surface area contributed by atoms with Crippen molar-refractivity contribution in [3.63, 3.8) is 0 Å².